The van der Waals surface area contributed by atoms with Crippen molar-refractivity contribution < 1.29 is 4.42 Å². The fraction of sp³-hybridized carbons (Fsp3) is 0.733. The molecule has 0 aliphatic rings. The highest BCUT2D eigenvalue weighted by Crippen LogP contribution is 2.22. The van der Waals surface area contributed by atoms with E-state index < -0.39 is 0 Å². The summed E-state index contributed by atoms with van der Waals surface area (Å²) in [5, 5.41) is 3.49. The van der Waals surface area contributed by atoms with Crippen LogP contribution in [0.1, 0.15) is 46.4 Å². The Labute approximate surface area is 112 Å². The van der Waals surface area contributed by atoms with Crippen LogP contribution in [0.4, 0.5) is 0 Å². The van der Waals surface area contributed by atoms with Crippen molar-refractivity contribution in [1.82, 2.24) is 10.2 Å². The van der Waals surface area contributed by atoms with E-state index >= 15 is 0 Å². The molecule has 104 valence electrons. The van der Waals surface area contributed by atoms with Gasteiger partial charge in [-0.25, -0.2) is 0 Å². The van der Waals surface area contributed by atoms with Crippen LogP contribution in [0.25, 0.3) is 0 Å². The fourth-order valence-electron chi connectivity index (χ4n) is 1.95. The molecule has 0 bridgehead atoms. The molecule has 3 heteroatoms. The van der Waals surface area contributed by atoms with Crippen molar-refractivity contribution in [2.45, 2.75) is 46.7 Å². The van der Waals surface area contributed by atoms with Gasteiger partial charge in [-0.15, -0.1) is 0 Å². The maximum Gasteiger partial charge on any atom is 0.120 e. The Morgan fingerprint density at radius 2 is 2.00 bits per heavy atom. The first-order chi connectivity index (χ1) is 8.32. The normalized spacial score (nSPS) is 15.9. The fourth-order valence-corrected chi connectivity index (χ4v) is 1.95. The van der Waals surface area contributed by atoms with Crippen LogP contribution in [0.3, 0.4) is 0 Å². The number of furan rings is 1. The van der Waals surface area contributed by atoms with E-state index in [9.17, 15) is 0 Å². The summed E-state index contributed by atoms with van der Waals surface area (Å²) in [5.74, 6) is 1.00. The Kier molecular flexibility index (Phi) is 5.42. The summed E-state index contributed by atoms with van der Waals surface area (Å²) in [7, 11) is 2.19. The zero-order chi connectivity index (χ0) is 13.8. The molecule has 1 N–H and O–H groups in total. The van der Waals surface area contributed by atoms with Gasteiger partial charge in [0, 0.05) is 19.1 Å². The Bertz CT molecular complexity index is 327. The lowest BCUT2D eigenvalue weighted by atomic mass is 9.87. The lowest BCUT2D eigenvalue weighted by molar-refractivity contribution is 0.140. The topological polar surface area (TPSA) is 28.4 Å². The summed E-state index contributed by atoms with van der Waals surface area (Å²) in [6.45, 7) is 13.3. The van der Waals surface area contributed by atoms with Crippen LogP contribution in [-0.4, -0.2) is 31.1 Å². The van der Waals surface area contributed by atoms with E-state index in [2.05, 4.69) is 51.9 Å². The second kappa shape index (κ2) is 6.39. The van der Waals surface area contributed by atoms with Gasteiger partial charge in [-0.1, -0.05) is 20.8 Å². The monoisotopic (exact) mass is 252 g/mol. The molecule has 2 unspecified atom stereocenters. The molecule has 1 heterocycles. The molecule has 1 aromatic rings. The molecule has 18 heavy (non-hydrogen) atoms. The Morgan fingerprint density at radius 1 is 1.33 bits per heavy atom. The molecular formula is C15H28N2O. The average Bonchev–Trinajstić information content (AvgIpc) is 2.79. The van der Waals surface area contributed by atoms with Crippen LogP contribution in [0.5, 0.6) is 0 Å². The molecule has 0 aliphatic carbocycles. The highest BCUT2D eigenvalue weighted by Gasteiger charge is 2.23. The smallest absolute Gasteiger partial charge is 0.120 e. The number of nitrogens with one attached hydrogen (secondary N) is 1. The van der Waals surface area contributed by atoms with Crippen molar-refractivity contribution in [1.29, 1.82) is 0 Å². The van der Waals surface area contributed by atoms with Gasteiger partial charge in [-0.3, -0.25) is 0 Å². The molecule has 0 saturated carbocycles. The van der Waals surface area contributed by atoms with Gasteiger partial charge in [-0.2, -0.15) is 0 Å². The van der Waals surface area contributed by atoms with Crippen LogP contribution >= 0.6 is 0 Å². The van der Waals surface area contributed by atoms with Gasteiger partial charge in [0.15, 0.2) is 0 Å². The summed E-state index contributed by atoms with van der Waals surface area (Å²) < 4.78 is 5.38. The van der Waals surface area contributed by atoms with Crippen molar-refractivity contribution in [2.24, 2.45) is 5.41 Å². The second-order valence-corrected chi connectivity index (χ2v) is 6.21. The van der Waals surface area contributed by atoms with Crippen molar-refractivity contribution in [2.75, 3.05) is 20.1 Å². The van der Waals surface area contributed by atoms with E-state index in [0.29, 0.717) is 11.5 Å². The molecule has 0 aromatic carbocycles. The van der Waals surface area contributed by atoms with Gasteiger partial charge in [0.2, 0.25) is 0 Å². The molecule has 3 nitrogen and oxygen atoms in total. The van der Waals surface area contributed by atoms with Gasteiger partial charge < -0.3 is 14.6 Å². The van der Waals surface area contributed by atoms with Gasteiger partial charge in [-0.05, 0) is 38.4 Å². The van der Waals surface area contributed by atoms with Crippen molar-refractivity contribution in [3.05, 3.63) is 24.2 Å². The van der Waals surface area contributed by atoms with E-state index in [1.54, 1.807) is 6.26 Å². The first-order valence-electron chi connectivity index (χ1n) is 6.79. The third kappa shape index (κ3) is 4.46. The molecular weight excluding hydrogens is 224 g/mol. The molecule has 0 fully saturated rings. The number of nitrogens with zero attached hydrogens (tertiary/aromatic N) is 1. The minimum Gasteiger partial charge on any atom is -0.468 e. The Morgan fingerprint density at radius 3 is 2.50 bits per heavy atom. The molecule has 0 amide bonds. The largest absolute Gasteiger partial charge is 0.468 e. The summed E-state index contributed by atoms with van der Waals surface area (Å²) in [5.41, 5.74) is 0.321. The molecule has 1 rings (SSSR count). The number of hydrogen-bond acceptors (Lipinski definition) is 3. The predicted molar refractivity (Wildman–Crippen MR) is 76.7 cm³/mol. The van der Waals surface area contributed by atoms with Crippen LogP contribution in [0, 0.1) is 5.41 Å². The van der Waals surface area contributed by atoms with Gasteiger partial charge >= 0.3 is 0 Å². The first-order valence-corrected chi connectivity index (χ1v) is 6.79. The SMILES string of the molecule is CC(NCCN(C)C(C)C(C)(C)C)c1ccco1. The Hall–Kier alpha value is -0.800. The zero-order valence-corrected chi connectivity index (χ0v) is 12.7. The van der Waals surface area contributed by atoms with Crippen LogP contribution in [0.2, 0.25) is 0 Å². The molecule has 0 aliphatic heterocycles. The van der Waals surface area contributed by atoms with Crippen molar-refractivity contribution in [3.8, 4) is 0 Å². The maximum atomic E-state index is 5.38. The van der Waals surface area contributed by atoms with Crippen molar-refractivity contribution in [3.63, 3.8) is 0 Å². The molecule has 0 spiro atoms. The third-order valence-electron chi connectivity index (χ3n) is 3.80. The van der Waals surface area contributed by atoms with E-state index in [4.69, 9.17) is 4.42 Å². The van der Waals surface area contributed by atoms with E-state index in [-0.39, 0.29) is 6.04 Å². The second-order valence-electron chi connectivity index (χ2n) is 6.21. The average molecular weight is 252 g/mol. The lowest BCUT2D eigenvalue weighted by Gasteiger charge is -2.35. The van der Waals surface area contributed by atoms with Crippen LogP contribution in [-0.2, 0) is 0 Å². The zero-order valence-electron chi connectivity index (χ0n) is 12.7. The summed E-state index contributed by atoms with van der Waals surface area (Å²) in [6, 6.07) is 4.79. The predicted octanol–water partition coefficient (Wildman–Crippen LogP) is 3.30. The van der Waals surface area contributed by atoms with Gasteiger partial charge in [0.05, 0.1) is 12.3 Å². The summed E-state index contributed by atoms with van der Waals surface area (Å²) in [4.78, 5) is 2.40. The number of rotatable bonds is 6. The third-order valence-corrected chi connectivity index (χ3v) is 3.80. The summed E-state index contributed by atoms with van der Waals surface area (Å²) >= 11 is 0. The molecule has 1 aromatic heterocycles. The van der Waals surface area contributed by atoms with Gasteiger partial charge in [0.25, 0.3) is 0 Å². The van der Waals surface area contributed by atoms with Crippen LogP contribution in [0.15, 0.2) is 22.8 Å². The van der Waals surface area contributed by atoms with Crippen LogP contribution < -0.4 is 5.32 Å². The highest BCUT2D eigenvalue weighted by atomic mass is 16.3. The minimum absolute atomic E-state index is 0.276. The summed E-state index contributed by atoms with van der Waals surface area (Å²) in [6.07, 6.45) is 1.72. The van der Waals surface area contributed by atoms with Gasteiger partial charge in [0.1, 0.15) is 5.76 Å². The number of hydrogen-bond donors (Lipinski definition) is 1. The van der Waals surface area contributed by atoms with Crippen molar-refractivity contribution >= 4 is 0 Å². The standard InChI is InChI=1S/C15H28N2O/c1-12(14-8-7-11-18-14)16-9-10-17(6)13(2)15(3,4)5/h7-8,11-13,16H,9-10H2,1-6H3. The first kappa shape index (κ1) is 15.3. The lowest BCUT2D eigenvalue weighted by Crippen LogP contribution is -2.42. The highest BCUT2D eigenvalue weighted by molar-refractivity contribution is 5.02. The minimum atomic E-state index is 0.276. The maximum absolute atomic E-state index is 5.38. The quantitative estimate of drug-likeness (QED) is 0.842. The Balaban J connectivity index is 2.29. The molecule has 2 atom stereocenters. The van der Waals surface area contributed by atoms with E-state index in [1.807, 2.05) is 12.1 Å². The molecule has 0 saturated heterocycles. The number of likely N-dealkylation sites (N-methyl/N-ethyl adjacent to an activating group) is 1. The van der Waals surface area contributed by atoms with E-state index in [0.717, 1.165) is 18.8 Å². The van der Waals surface area contributed by atoms with E-state index in [1.165, 1.54) is 0 Å². The molecule has 0 radical (unpaired) electrons.